The number of nitrogen functional groups attached to an aromatic ring is 1. The van der Waals surface area contributed by atoms with Gasteiger partial charge in [-0.2, -0.15) is 0 Å². The van der Waals surface area contributed by atoms with Crippen LogP contribution in [0.5, 0.6) is 5.75 Å². The first kappa shape index (κ1) is 10.3. The van der Waals surface area contributed by atoms with Gasteiger partial charge in [0.15, 0.2) is 5.88 Å². The Morgan fingerprint density at radius 2 is 2.07 bits per heavy atom. The lowest BCUT2D eigenvalue weighted by Crippen LogP contribution is -2.04. The summed E-state index contributed by atoms with van der Waals surface area (Å²) in [5.74, 6) is 0.188. The van der Waals surface area contributed by atoms with E-state index in [0.717, 1.165) is 0 Å². The third-order valence-corrected chi connectivity index (χ3v) is 3.15. The number of nitrogens with two attached hydrogens (primary N) is 1. The molecule has 0 fully saturated rings. The highest BCUT2D eigenvalue weighted by Gasteiger charge is 2.10. The Morgan fingerprint density at radius 1 is 1.40 bits per heavy atom. The van der Waals surface area contributed by atoms with Crippen molar-refractivity contribution in [3.8, 4) is 5.75 Å². The number of hydrogen-bond acceptors (Lipinski definition) is 4. The number of hydrogen-bond donors (Lipinski definition) is 2. The molecule has 78 valence electrons. The SMILES string of the molecule is Cc1c(N)oc(=O)c2cc(O)c(I)cc12. The van der Waals surface area contributed by atoms with Crippen molar-refractivity contribution in [1.29, 1.82) is 0 Å². The summed E-state index contributed by atoms with van der Waals surface area (Å²) in [6.45, 7) is 1.77. The number of rotatable bonds is 0. The van der Waals surface area contributed by atoms with Crippen LogP contribution in [0, 0.1) is 10.5 Å². The van der Waals surface area contributed by atoms with Crippen LogP contribution in [0.2, 0.25) is 0 Å². The highest BCUT2D eigenvalue weighted by molar-refractivity contribution is 14.1. The molecule has 0 spiro atoms. The van der Waals surface area contributed by atoms with Crippen LogP contribution in [0.25, 0.3) is 10.8 Å². The van der Waals surface area contributed by atoms with E-state index in [1.54, 1.807) is 13.0 Å². The molecule has 0 bridgehead atoms. The minimum Gasteiger partial charge on any atom is -0.507 e. The average Bonchev–Trinajstić information content (AvgIpc) is 2.18. The molecule has 2 aromatic rings. The van der Waals surface area contributed by atoms with Gasteiger partial charge in [0.2, 0.25) is 0 Å². The van der Waals surface area contributed by atoms with Crippen molar-refractivity contribution < 1.29 is 9.52 Å². The number of halogens is 1. The average molecular weight is 317 g/mol. The van der Waals surface area contributed by atoms with E-state index in [9.17, 15) is 9.90 Å². The monoisotopic (exact) mass is 317 g/mol. The van der Waals surface area contributed by atoms with Gasteiger partial charge in [0, 0.05) is 5.56 Å². The first-order valence-electron chi connectivity index (χ1n) is 4.22. The van der Waals surface area contributed by atoms with Crippen LogP contribution < -0.4 is 11.4 Å². The van der Waals surface area contributed by atoms with E-state index in [2.05, 4.69) is 0 Å². The normalized spacial score (nSPS) is 10.8. The lowest BCUT2D eigenvalue weighted by atomic mass is 10.1. The molecule has 0 radical (unpaired) electrons. The number of aromatic hydroxyl groups is 1. The molecular formula is C10H8INO3. The third kappa shape index (κ3) is 1.56. The summed E-state index contributed by atoms with van der Waals surface area (Å²) in [5, 5.41) is 10.5. The van der Waals surface area contributed by atoms with E-state index < -0.39 is 5.63 Å². The molecule has 1 heterocycles. The first-order valence-corrected chi connectivity index (χ1v) is 5.30. The lowest BCUT2D eigenvalue weighted by Gasteiger charge is -2.05. The summed E-state index contributed by atoms with van der Waals surface area (Å²) >= 11 is 1.99. The predicted octanol–water partition coefficient (Wildman–Crippen LogP) is 1.99. The molecule has 0 saturated carbocycles. The first-order chi connectivity index (χ1) is 7.00. The third-order valence-electron chi connectivity index (χ3n) is 2.28. The number of anilines is 1. The molecule has 2 rings (SSSR count). The van der Waals surface area contributed by atoms with Crippen molar-refractivity contribution in [1.82, 2.24) is 0 Å². The standard InChI is InChI=1S/C10H8INO3/c1-4-5-2-7(11)8(13)3-6(5)10(14)15-9(4)12/h2-3,13H,12H2,1H3. The maximum absolute atomic E-state index is 11.5. The molecule has 1 aromatic carbocycles. The van der Waals surface area contributed by atoms with Gasteiger partial charge in [-0.3, -0.25) is 0 Å². The molecule has 5 heteroatoms. The van der Waals surface area contributed by atoms with E-state index in [4.69, 9.17) is 10.2 Å². The number of benzene rings is 1. The Balaban J connectivity index is 3.04. The summed E-state index contributed by atoms with van der Waals surface area (Å²) in [4.78, 5) is 11.5. The van der Waals surface area contributed by atoms with Gasteiger partial charge in [0.1, 0.15) is 5.75 Å². The number of phenols is 1. The Bertz CT molecular complexity index is 604. The molecular weight excluding hydrogens is 309 g/mol. The van der Waals surface area contributed by atoms with E-state index in [1.807, 2.05) is 22.6 Å². The summed E-state index contributed by atoms with van der Waals surface area (Å²) in [5.41, 5.74) is 5.73. The maximum atomic E-state index is 11.5. The molecule has 0 unspecified atom stereocenters. The quantitative estimate of drug-likeness (QED) is 0.729. The van der Waals surface area contributed by atoms with Crippen LogP contribution in [0.1, 0.15) is 5.56 Å². The van der Waals surface area contributed by atoms with Crippen molar-refractivity contribution in [3.63, 3.8) is 0 Å². The second-order valence-corrected chi connectivity index (χ2v) is 4.39. The van der Waals surface area contributed by atoms with Gasteiger partial charge in [-0.15, -0.1) is 0 Å². The van der Waals surface area contributed by atoms with Crippen molar-refractivity contribution in [2.75, 3.05) is 5.73 Å². The largest absolute Gasteiger partial charge is 0.507 e. The van der Waals surface area contributed by atoms with E-state index >= 15 is 0 Å². The van der Waals surface area contributed by atoms with Gasteiger partial charge in [-0.05, 0) is 47.0 Å². The van der Waals surface area contributed by atoms with Crippen molar-refractivity contribution >= 4 is 39.2 Å². The maximum Gasteiger partial charge on any atom is 0.345 e. The smallest absolute Gasteiger partial charge is 0.345 e. The van der Waals surface area contributed by atoms with Gasteiger partial charge < -0.3 is 15.3 Å². The lowest BCUT2D eigenvalue weighted by molar-refractivity contribution is 0.471. The fraction of sp³-hybridized carbons (Fsp3) is 0.100. The van der Waals surface area contributed by atoms with Crippen LogP contribution in [0.15, 0.2) is 21.3 Å². The summed E-state index contributed by atoms with van der Waals surface area (Å²) in [6.07, 6.45) is 0. The molecule has 15 heavy (non-hydrogen) atoms. The second kappa shape index (κ2) is 3.41. The van der Waals surface area contributed by atoms with E-state index in [-0.39, 0.29) is 11.6 Å². The Labute approximate surface area is 98.8 Å². The highest BCUT2D eigenvalue weighted by Crippen LogP contribution is 2.28. The van der Waals surface area contributed by atoms with Crippen molar-refractivity contribution in [3.05, 3.63) is 31.7 Å². The fourth-order valence-corrected chi connectivity index (χ4v) is 1.87. The number of phenolic OH excluding ortho intramolecular Hbond substituents is 1. The fourth-order valence-electron chi connectivity index (χ4n) is 1.41. The number of fused-ring (bicyclic) bond motifs is 1. The van der Waals surface area contributed by atoms with Gasteiger partial charge in [-0.25, -0.2) is 4.79 Å². The molecule has 3 N–H and O–H groups in total. The van der Waals surface area contributed by atoms with Gasteiger partial charge in [0.25, 0.3) is 0 Å². The topological polar surface area (TPSA) is 76.5 Å². The summed E-state index contributed by atoms with van der Waals surface area (Å²) in [6, 6.07) is 3.11. The zero-order chi connectivity index (χ0) is 11.2. The Morgan fingerprint density at radius 3 is 2.73 bits per heavy atom. The summed E-state index contributed by atoms with van der Waals surface area (Å²) < 4.78 is 5.50. The Kier molecular flexibility index (Phi) is 2.34. The van der Waals surface area contributed by atoms with Crippen LogP contribution in [0.3, 0.4) is 0 Å². The second-order valence-electron chi connectivity index (χ2n) is 3.23. The molecule has 0 amide bonds. The van der Waals surface area contributed by atoms with Crippen LogP contribution in [-0.2, 0) is 0 Å². The minimum atomic E-state index is -0.528. The van der Waals surface area contributed by atoms with Gasteiger partial charge >= 0.3 is 5.63 Å². The van der Waals surface area contributed by atoms with Crippen LogP contribution in [0.4, 0.5) is 5.88 Å². The molecule has 0 aliphatic heterocycles. The van der Waals surface area contributed by atoms with Crippen LogP contribution >= 0.6 is 22.6 Å². The minimum absolute atomic E-state index is 0.0690. The number of aryl methyl sites for hydroxylation is 1. The van der Waals surface area contributed by atoms with E-state index in [0.29, 0.717) is 19.9 Å². The van der Waals surface area contributed by atoms with Gasteiger partial charge in [-0.1, -0.05) is 0 Å². The van der Waals surface area contributed by atoms with Crippen LogP contribution in [-0.4, -0.2) is 5.11 Å². The molecule has 1 aromatic heterocycles. The van der Waals surface area contributed by atoms with Crippen molar-refractivity contribution in [2.24, 2.45) is 0 Å². The summed E-state index contributed by atoms with van der Waals surface area (Å²) in [7, 11) is 0. The van der Waals surface area contributed by atoms with Gasteiger partial charge in [0.05, 0.1) is 8.96 Å². The highest BCUT2D eigenvalue weighted by atomic mass is 127. The zero-order valence-electron chi connectivity index (χ0n) is 7.87. The molecule has 0 saturated heterocycles. The van der Waals surface area contributed by atoms with Crippen molar-refractivity contribution in [2.45, 2.75) is 6.92 Å². The Hall–Kier alpha value is -1.24. The van der Waals surface area contributed by atoms with E-state index in [1.165, 1.54) is 6.07 Å². The predicted molar refractivity (Wildman–Crippen MR) is 66.0 cm³/mol. The molecule has 4 nitrogen and oxygen atoms in total. The molecule has 0 aliphatic rings. The molecule has 0 aliphatic carbocycles. The zero-order valence-corrected chi connectivity index (χ0v) is 10.0. The molecule has 0 atom stereocenters.